The number of hydrogen-bond donors (Lipinski definition) is 2. The minimum Gasteiger partial charge on any atom is -0.465 e. The van der Waals surface area contributed by atoms with Crippen LogP contribution in [-0.2, 0) is 27.2 Å². The van der Waals surface area contributed by atoms with Crippen LogP contribution >= 0.6 is 22.7 Å². The number of esters is 1. The van der Waals surface area contributed by atoms with Gasteiger partial charge in [0.1, 0.15) is 5.92 Å². The summed E-state index contributed by atoms with van der Waals surface area (Å²) in [4.78, 5) is 46.1. The average Bonchev–Trinajstić information content (AvgIpc) is 3.46. The number of aromatic nitrogens is 2. The van der Waals surface area contributed by atoms with Crippen molar-refractivity contribution in [2.24, 2.45) is 0 Å². The first-order valence-electron chi connectivity index (χ1n) is 9.28. The number of hydrogen-bond acceptors (Lipinski definition) is 9. The Morgan fingerprint density at radius 2 is 2.13 bits per heavy atom. The van der Waals surface area contributed by atoms with Crippen molar-refractivity contribution in [2.45, 2.75) is 32.1 Å². The molecule has 2 N–H and O–H groups in total. The van der Waals surface area contributed by atoms with Gasteiger partial charge in [0.25, 0.3) is 5.91 Å². The number of ether oxygens (including phenoxy) is 1. The molecule has 0 aliphatic heterocycles. The van der Waals surface area contributed by atoms with Crippen LogP contribution in [0.4, 0.5) is 10.3 Å². The van der Waals surface area contributed by atoms with Crippen molar-refractivity contribution < 1.29 is 23.5 Å². The summed E-state index contributed by atoms with van der Waals surface area (Å²) in [6, 6.07) is 3.17. The molecule has 1 aliphatic rings. The lowest BCUT2D eigenvalue weighted by atomic mass is 10.1. The fourth-order valence-electron chi connectivity index (χ4n) is 3.09. The molecule has 9 nitrogen and oxygen atoms in total. The Labute approximate surface area is 179 Å². The molecule has 0 spiro atoms. The summed E-state index contributed by atoms with van der Waals surface area (Å²) in [5, 5.41) is 7.93. The number of nitrogens with zero attached hydrogens (tertiary/aromatic N) is 2. The molecule has 0 unspecified atom stereocenters. The van der Waals surface area contributed by atoms with Crippen LogP contribution in [0.25, 0.3) is 0 Å². The van der Waals surface area contributed by atoms with Gasteiger partial charge < -0.3 is 14.5 Å². The Balaban J connectivity index is 1.34. The smallest absolute Gasteiger partial charge is 0.315 e. The van der Waals surface area contributed by atoms with Crippen molar-refractivity contribution in [1.29, 1.82) is 0 Å². The van der Waals surface area contributed by atoms with E-state index in [2.05, 4.69) is 20.6 Å². The van der Waals surface area contributed by atoms with Crippen molar-refractivity contribution in [3.63, 3.8) is 0 Å². The fraction of sp³-hybridized carbons (Fsp3) is 0.316. The second-order valence-electron chi connectivity index (χ2n) is 6.47. The first-order chi connectivity index (χ1) is 14.5. The van der Waals surface area contributed by atoms with Crippen LogP contribution in [0.1, 0.15) is 46.1 Å². The average molecular weight is 447 g/mol. The molecule has 1 atom stereocenters. The summed E-state index contributed by atoms with van der Waals surface area (Å²) in [6.45, 7) is 2.10. The van der Waals surface area contributed by atoms with Gasteiger partial charge in [-0.25, -0.2) is 9.97 Å². The minimum absolute atomic E-state index is 0.0404. The van der Waals surface area contributed by atoms with Gasteiger partial charge in [-0.15, -0.1) is 22.7 Å². The lowest BCUT2D eigenvalue weighted by Crippen LogP contribution is -2.16. The number of carbonyl (C=O) groups excluding carboxylic acids is 3. The van der Waals surface area contributed by atoms with E-state index >= 15 is 0 Å². The lowest BCUT2D eigenvalue weighted by molar-refractivity contribution is -0.145. The molecule has 0 bridgehead atoms. The van der Waals surface area contributed by atoms with E-state index in [0.717, 1.165) is 11.3 Å². The van der Waals surface area contributed by atoms with Crippen LogP contribution < -0.4 is 10.6 Å². The standard InChI is InChI=1S/C19H18N4O5S2/c1-2-27-17(26)11-5-6-13-15(11)22-19(30-13)21-14(24)8-10-9-29-18(20-10)23-16(25)12-4-3-7-28-12/h3-4,7,9,11H,2,5-6,8H2,1H3,(H,20,23,25)(H,21,22,24)/t11-/m1/s1. The van der Waals surface area contributed by atoms with Gasteiger partial charge in [0.15, 0.2) is 16.0 Å². The zero-order valence-corrected chi connectivity index (χ0v) is 17.6. The highest BCUT2D eigenvalue weighted by atomic mass is 32.1. The van der Waals surface area contributed by atoms with Gasteiger partial charge in [-0.3, -0.25) is 19.7 Å². The first-order valence-corrected chi connectivity index (χ1v) is 11.0. The normalized spacial score (nSPS) is 14.9. The van der Waals surface area contributed by atoms with Gasteiger partial charge in [-0.05, 0) is 31.9 Å². The van der Waals surface area contributed by atoms with E-state index in [0.29, 0.717) is 34.7 Å². The Kier molecular flexibility index (Phi) is 5.91. The monoisotopic (exact) mass is 446 g/mol. The zero-order valence-electron chi connectivity index (χ0n) is 16.0. The number of anilines is 2. The molecule has 4 rings (SSSR count). The SMILES string of the molecule is CCOC(=O)[C@@H]1CCc2sc(NC(=O)Cc3csc(NC(=O)c4ccco4)n3)nc21. The molecule has 3 aromatic rings. The number of furan rings is 1. The predicted octanol–water partition coefficient (Wildman–Crippen LogP) is 3.22. The highest BCUT2D eigenvalue weighted by molar-refractivity contribution is 7.16. The van der Waals surface area contributed by atoms with Crippen molar-refractivity contribution in [1.82, 2.24) is 9.97 Å². The number of rotatable bonds is 7. The van der Waals surface area contributed by atoms with Crippen LogP contribution in [0.5, 0.6) is 0 Å². The van der Waals surface area contributed by atoms with Crippen LogP contribution in [0, 0.1) is 0 Å². The van der Waals surface area contributed by atoms with E-state index in [4.69, 9.17) is 9.15 Å². The third-order valence-electron chi connectivity index (χ3n) is 4.39. The highest BCUT2D eigenvalue weighted by Crippen LogP contribution is 2.39. The van der Waals surface area contributed by atoms with E-state index in [1.807, 2.05) is 0 Å². The van der Waals surface area contributed by atoms with E-state index in [1.165, 1.54) is 28.9 Å². The molecular formula is C19H18N4O5S2. The van der Waals surface area contributed by atoms with E-state index in [9.17, 15) is 14.4 Å². The molecule has 156 valence electrons. The molecule has 0 fully saturated rings. The second-order valence-corrected chi connectivity index (χ2v) is 8.41. The summed E-state index contributed by atoms with van der Waals surface area (Å²) >= 11 is 2.60. The summed E-state index contributed by atoms with van der Waals surface area (Å²) in [5.41, 5.74) is 1.23. The third kappa shape index (κ3) is 4.41. The summed E-state index contributed by atoms with van der Waals surface area (Å²) in [5.74, 6) is -1.13. The topological polar surface area (TPSA) is 123 Å². The summed E-state index contributed by atoms with van der Waals surface area (Å²) in [6.07, 6.45) is 2.89. The molecule has 3 aromatic heterocycles. The quantitative estimate of drug-likeness (QED) is 0.534. The Bertz CT molecular complexity index is 1070. The van der Waals surface area contributed by atoms with Gasteiger partial charge >= 0.3 is 5.97 Å². The number of nitrogens with one attached hydrogen (secondary N) is 2. The third-order valence-corrected chi connectivity index (χ3v) is 6.25. The molecule has 0 saturated carbocycles. The van der Waals surface area contributed by atoms with E-state index in [-0.39, 0.29) is 30.0 Å². The molecule has 0 aromatic carbocycles. The first kappa shape index (κ1) is 20.2. The summed E-state index contributed by atoms with van der Waals surface area (Å²) < 4.78 is 10.1. The van der Waals surface area contributed by atoms with Gasteiger partial charge in [0.05, 0.1) is 30.7 Å². The number of fused-ring (bicyclic) bond motifs is 1. The van der Waals surface area contributed by atoms with Crippen LogP contribution in [0.15, 0.2) is 28.2 Å². The van der Waals surface area contributed by atoms with E-state index < -0.39 is 5.91 Å². The molecule has 0 saturated heterocycles. The fourth-order valence-corrected chi connectivity index (χ4v) is 4.85. The van der Waals surface area contributed by atoms with Crippen molar-refractivity contribution in [2.75, 3.05) is 17.2 Å². The number of carbonyl (C=O) groups is 3. The number of aryl methyl sites for hydroxylation is 1. The second kappa shape index (κ2) is 8.76. The molecule has 11 heteroatoms. The van der Waals surface area contributed by atoms with Crippen molar-refractivity contribution in [3.05, 3.63) is 45.8 Å². The molecule has 0 radical (unpaired) electrons. The van der Waals surface area contributed by atoms with Gasteiger partial charge in [0, 0.05) is 10.3 Å². The van der Waals surface area contributed by atoms with Crippen molar-refractivity contribution >= 4 is 50.7 Å². The predicted molar refractivity (Wildman–Crippen MR) is 111 cm³/mol. The summed E-state index contributed by atoms with van der Waals surface area (Å²) in [7, 11) is 0. The maximum Gasteiger partial charge on any atom is 0.315 e. The van der Waals surface area contributed by atoms with E-state index in [1.54, 1.807) is 24.4 Å². The largest absolute Gasteiger partial charge is 0.465 e. The van der Waals surface area contributed by atoms with Gasteiger partial charge in [0.2, 0.25) is 5.91 Å². The number of thiazole rings is 2. The molecule has 3 heterocycles. The maximum atomic E-state index is 12.4. The number of amides is 2. The Morgan fingerprint density at radius 1 is 1.27 bits per heavy atom. The van der Waals surface area contributed by atoms with Gasteiger partial charge in [-0.1, -0.05) is 0 Å². The Morgan fingerprint density at radius 3 is 2.90 bits per heavy atom. The molecule has 1 aliphatic carbocycles. The van der Waals surface area contributed by atoms with Crippen LogP contribution in [-0.4, -0.2) is 34.4 Å². The minimum atomic E-state index is -0.404. The Hall–Kier alpha value is -3.05. The molecule has 2 amide bonds. The highest BCUT2D eigenvalue weighted by Gasteiger charge is 2.33. The van der Waals surface area contributed by atoms with Crippen LogP contribution in [0.3, 0.4) is 0 Å². The van der Waals surface area contributed by atoms with Gasteiger partial charge in [-0.2, -0.15) is 0 Å². The molecule has 30 heavy (non-hydrogen) atoms. The maximum absolute atomic E-state index is 12.4. The van der Waals surface area contributed by atoms with Crippen LogP contribution in [0.2, 0.25) is 0 Å². The zero-order chi connectivity index (χ0) is 21.1. The molecular weight excluding hydrogens is 428 g/mol. The van der Waals surface area contributed by atoms with Crippen molar-refractivity contribution in [3.8, 4) is 0 Å². The lowest BCUT2D eigenvalue weighted by Gasteiger charge is -2.07.